The summed E-state index contributed by atoms with van der Waals surface area (Å²) < 4.78 is 44.9. The molecule has 7 heteroatoms. The van der Waals surface area contributed by atoms with Crippen LogP contribution < -0.4 is 4.72 Å². The lowest BCUT2D eigenvalue weighted by molar-refractivity contribution is 0.00373. The van der Waals surface area contributed by atoms with E-state index in [-0.39, 0.29) is 23.4 Å². The normalized spacial score (nSPS) is 34.0. The summed E-state index contributed by atoms with van der Waals surface area (Å²) >= 11 is 0. The first-order valence-electron chi connectivity index (χ1n) is 9.12. The van der Waals surface area contributed by atoms with Crippen LogP contribution in [0.15, 0.2) is 30.3 Å². The van der Waals surface area contributed by atoms with Gasteiger partial charge in [0.1, 0.15) is 5.82 Å². The molecule has 3 saturated heterocycles. The van der Waals surface area contributed by atoms with Gasteiger partial charge in [-0.25, -0.2) is 17.5 Å². The van der Waals surface area contributed by atoms with E-state index < -0.39 is 10.0 Å². The number of ether oxygens (including phenoxy) is 1. The predicted molar refractivity (Wildman–Crippen MR) is 98.5 cm³/mol. The smallest absolute Gasteiger partial charge is 0.208 e. The molecule has 0 unspecified atom stereocenters. The third-order valence-corrected chi connectivity index (χ3v) is 6.67. The SMILES string of the molecule is CS(=O)(=O)NC[C@H]1[C@H]2CN(C/C=C/c3ccc(F)cc3)C[C@]23CC[C@H]1O3. The summed E-state index contributed by atoms with van der Waals surface area (Å²) in [5, 5.41) is 0. The number of hydrogen-bond acceptors (Lipinski definition) is 4. The minimum atomic E-state index is -3.18. The predicted octanol–water partition coefficient (Wildman–Crippen LogP) is 1.87. The molecule has 4 rings (SSSR count). The van der Waals surface area contributed by atoms with Crippen LogP contribution in [0.4, 0.5) is 4.39 Å². The van der Waals surface area contributed by atoms with Gasteiger partial charge < -0.3 is 4.74 Å². The van der Waals surface area contributed by atoms with Crippen molar-refractivity contribution in [3.8, 4) is 0 Å². The van der Waals surface area contributed by atoms with Gasteiger partial charge in [-0.05, 0) is 30.5 Å². The molecule has 1 N–H and O–H groups in total. The zero-order valence-electron chi connectivity index (χ0n) is 14.9. The van der Waals surface area contributed by atoms with Gasteiger partial charge in [-0.1, -0.05) is 24.3 Å². The van der Waals surface area contributed by atoms with Crippen molar-refractivity contribution in [3.05, 3.63) is 41.7 Å². The monoisotopic (exact) mass is 380 g/mol. The molecule has 3 aliphatic rings. The summed E-state index contributed by atoms with van der Waals surface area (Å²) in [6.45, 7) is 3.11. The lowest BCUT2D eigenvalue weighted by Gasteiger charge is -2.29. The maximum Gasteiger partial charge on any atom is 0.208 e. The third kappa shape index (κ3) is 3.58. The molecule has 3 heterocycles. The third-order valence-electron chi connectivity index (χ3n) is 5.98. The Kier molecular flexibility index (Phi) is 4.67. The molecule has 142 valence electrons. The average molecular weight is 380 g/mol. The molecule has 1 spiro atoms. The Morgan fingerprint density at radius 3 is 2.88 bits per heavy atom. The van der Waals surface area contributed by atoms with E-state index in [4.69, 9.17) is 4.74 Å². The highest BCUT2D eigenvalue weighted by Gasteiger charge is 2.62. The van der Waals surface area contributed by atoms with E-state index in [9.17, 15) is 12.8 Å². The van der Waals surface area contributed by atoms with E-state index in [0.29, 0.717) is 12.5 Å². The number of likely N-dealkylation sites (tertiary alicyclic amines) is 1. The average Bonchev–Trinajstić information content (AvgIpc) is 3.22. The summed E-state index contributed by atoms with van der Waals surface area (Å²) in [6.07, 6.45) is 7.58. The molecule has 3 fully saturated rings. The second kappa shape index (κ2) is 6.71. The van der Waals surface area contributed by atoms with Crippen molar-refractivity contribution in [1.29, 1.82) is 0 Å². The van der Waals surface area contributed by atoms with E-state index in [2.05, 4.69) is 15.7 Å². The largest absolute Gasteiger partial charge is 0.370 e. The summed E-state index contributed by atoms with van der Waals surface area (Å²) in [7, 11) is -3.18. The maximum absolute atomic E-state index is 13.0. The summed E-state index contributed by atoms with van der Waals surface area (Å²) in [5.74, 6) is 0.412. The zero-order valence-corrected chi connectivity index (χ0v) is 15.7. The molecule has 0 aromatic heterocycles. The van der Waals surface area contributed by atoms with Gasteiger partial charge in [0.25, 0.3) is 0 Å². The van der Waals surface area contributed by atoms with Crippen LogP contribution in [0, 0.1) is 17.7 Å². The second-order valence-corrected chi connectivity index (χ2v) is 9.63. The molecule has 2 bridgehead atoms. The number of nitrogens with zero attached hydrogens (tertiary/aromatic N) is 1. The van der Waals surface area contributed by atoms with Crippen LogP contribution in [0.25, 0.3) is 6.08 Å². The number of hydrogen-bond donors (Lipinski definition) is 1. The topological polar surface area (TPSA) is 58.6 Å². The lowest BCUT2D eigenvalue weighted by Crippen LogP contribution is -2.41. The number of rotatable bonds is 6. The summed E-state index contributed by atoms with van der Waals surface area (Å²) in [5.41, 5.74) is 0.884. The van der Waals surface area contributed by atoms with Crippen LogP contribution in [-0.4, -0.2) is 57.5 Å². The van der Waals surface area contributed by atoms with Crippen molar-refractivity contribution in [2.24, 2.45) is 11.8 Å². The fourth-order valence-corrected chi connectivity index (χ4v) is 5.35. The molecule has 0 saturated carbocycles. The Morgan fingerprint density at radius 2 is 2.15 bits per heavy atom. The van der Waals surface area contributed by atoms with Gasteiger partial charge in [-0.2, -0.15) is 0 Å². The summed E-state index contributed by atoms with van der Waals surface area (Å²) in [6, 6.07) is 6.46. The van der Waals surface area contributed by atoms with Crippen molar-refractivity contribution < 1.29 is 17.5 Å². The molecule has 0 aliphatic carbocycles. The summed E-state index contributed by atoms with van der Waals surface area (Å²) in [4.78, 5) is 2.37. The highest BCUT2D eigenvalue weighted by Crippen LogP contribution is 2.54. The molecule has 5 nitrogen and oxygen atoms in total. The van der Waals surface area contributed by atoms with E-state index in [1.54, 1.807) is 12.1 Å². The standard InChI is InChI=1S/C19H25FN2O3S/c1-26(23,24)21-11-16-17-12-22(13-19(17)9-8-18(16)25-19)10-2-3-14-4-6-15(20)7-5-14/h2-7,16-18,21H,8-13H2,1H3/b3-2+/t16-,17+,18+,19+/m0/s1. The molecular formula is C19H25FN2O3S. The van der Waals surface area contributed by atoms with Crippen molar-refractivity contribution in [1.82, 2.24) is 9.62 Å². The Balaban J connectivity index is 1.38. The Hall–Kier alpha value is -1.28. The quantitative estimate of drug-likeness (QED) is 0.819. The highest BCUT2D eigenvalue weighted by molar-refractivity contribution is 7.88. The number of nitrogens with one attached hydrogen (secondary N) is 1. The van der Waals surface area contributed by atoms with E-state index >= 15 is 0 Å². The van der Waals surface area contributed by atoms with Gasteiger partial charge in [-0.3, -0.25) is 4.90 Å². The molecule has 1 aromatic rings. The first-order chi connectivity index (χ1) is 12.3. The van der Waals surface area contributed by atoms with Crippen LogP contribution in [0.2, 0.25) is 0 Å². The van der Waals surface area contributed by atoms with Crippen LogP contribution in [0.1, 0.15) is 18.4 Å². The van der Waals surface area contributed by atoms with Gasteiger partial charge in [0.2, 0.25) is 10.0 Å². The first-order valence-corrected chi connectivity index (χ1v) is 11.0. The van der Waals surface area contributed by atoms with E-state index in [1.165, 1.54) is 18.4 Å². The van der Waals surface area contributed by atoms with Crippen molar-refractivity contribution in [3.63, 3.8) is 0 Å². The van der Waals surface area contributed by atoms with Crippen molar-refractivity contribution >= 4 is 16.1 Å². The number of fused-ring (bicyclic) bond motifs is 1. The van der Waals surface area contributed by atoms with Crippen LogP contribution in [0.5, 0.6) is 0 Å². The first kappa shape index (κ1) is 18.1. The fourth-order valence-electron chi connectivity index (χ4n) is 4.86. The van der Waals surface area contributed by atoms with Crippen molar-refractivity contribution in [2.75, 3.05) is 32.4 Å². The Bertz CT molecular complexity index is 796. The number of halogens is 1. The molecule has 26 heavy (non-hydrogen) atoms. The van der Waals surface area contributed by atoms with Gasteiger partial charge in [0.15, 0.2) is 0 Å². The number of benzene rings is 1. The highest BCUT2D eigenvalue weighted by atomic mass is 32.2. The number of sulfonamides is 1. The van der Waals surface area contributed by atoms with Crippen LogP contribution in [-0.2, 0) is 14.8 Å². The minimum absolute atomic E-state index is 0.0990. The second-order valence-electron chi connectivity index (χ2n) is 7.80. The lowest BCUT2D eigenvalue weighted by atomic mass is 9.74. The van der Waals surface area contributed by atoms with Gasteiger partial charge in [-0.15, -0.1) is 0 Å². The molecule has 1 aromatic carbocycles. The molecule has 4 atom stereocenters. The molecule has 0 radical (unpaired) electrons. The van der Waals surface area contributed by atoms with Crippen molar-refractivity contribution in [2.45, 2.75) is 24.5 Å². The molecule has 0 amide bonds. The zero-order chi connectivity index (χ0) is 18.4. The van der Waals surface area contributed by atoms with Gasteiger partial charge >= 0.3 is 0 Å². The van der Waals surface area contributed by atoms with E-state index in [0.717, 1.165) is 38.0 Å². The minimum Gasteiger partial charge on any atom is -0.370 e. The van der Waals surface area contributed by atoms with Gasteiger partial charge in [0, 0.05) is 38.0 Å². The Labute approximate surface area is 154 Å². The maximum atomic E-state index is 13.0. The Morgan fingerprint density at radius 1 is 1.38 bits per heavy atom. The van der Waals surface area contributed by atoms with Crippen LogP contribution in [0.3, 0.4) is 0 Å². The van der Waals surface area contributed by atoms with E-state index in [1.807, 2.05) is 6.08 Å². The fraction of sp³-hybridized carbons (Fsp3) is 0.579. The van der Waals surface area contributed by atoms with Gasteiger partial charge in [0.05, 0.1) is 18.0 Å². The molecular weight excluding hydrogens is 355 g/mol. The van der Waals surface area contributed by atoms with Crippen LogP contribution >= 0.6 is 0 Å². The molecule has 3 aliphatic heterocycles.